The minimum Gasteiger partial charge on any atom is -0.483 e. The molecule has 0 atom stereocenters. The lowest BCUT2D eigenvalue weighted by Gasteiger charge is -2.02. The molecule has 0 saturated heterocycles. The number of halogens is 1. The van der Waals surface area contributed by atoms with Gasteiger partial charge in [-0.25, -0.2) is 4.39 Å². The first kappa shape index (κ1) is 9.37. The average molecular weight is 186 g/mol. The number of ether oxygens (including phenoxy) is 1. The molecule has 0 aromatic carbocycles. The van der Waals surface area contributed by atoms with Crippen LogP contribution in [0.5, 0.6) is 5.75 Å². The van der Waals surface area contributed by atoms with Gasteiger partial charge in [-0.1, -0.05) is 0 Å². The SMILES string of the molecule is O=[N+]([O-])c1ncccc1OCCF. The van der Waals surface area contributed by atoms with Crippen LogP contribution < -0.4 is 4.74 Å². The molecule has 0 aliphatic rings. The van der Waals surface area contributed by atoms with Crippen LogP contribution >= 0.6 is 0 Å². The number of hydrogen-bond donors (Lipinski definition) is 0. The third-order valence-electron chi connectivity index (χ3n) is 1.26. The summed E-state index contributed by atoms with van der Waals surface area (Å²) in [7, 11) is 0. The van der Waals surface area contributed by atoms with Gasteiger partial charge in [0.1, 0.15) is 19.5 Å². The number of alkyl halides is 1. The van der Waals surface area contributed by atoms with Crippen LogP contribution in [0.15, 0.2) is 18.3 Å². The van der Waals surface area contributed by atoms with E-state index in [1.807, 2.05) is 0 Å². The molecular formula is C7H7FN2O3. The number of hydrogen-bond acceptors (Lipinski definition) is 4. The van der Waals surface area contributed by atoms with Crippen LogP contribution in [0, 0.1) is 10.1 Å². The molecule has 1 heterocycles. The molecule has 0 aliphatic carbocycles. The molecule has 0 N–H and O–H groups in total. The second-order valence-electron chi connectivity index (χ2n) is 2.12. The van der Waals surface area contributed by atoms with E-state index in [9.17, 15) is 14.5 Å². The molecule has 0 radical (unpaired) electrons. The average Bonchev–Trinajstić information content (AvgIpc) is 2.15. The molecule has 70 valence electrons. The van der Waals surface area contributed by atoms with Crippen molar-refractivity contribution in [3.8, 4) is 5.75 Å². The maximum Gasteiger partial charge on any atom is 0.406 e. The molecule has 1 rings (SSSR count). The molecule has 5 nitrogen and oxygen atoms in total. The summed E-state index contributed by atoms with van der Waals surface area (Å²) in [5.74, 6) is -0.402. The molecule has 0 unspecified atom stereocenters. The summed E-state index contributed by atoms with van der Waals surface area (Å²) < 4.78 is 16.5. The highest BCUT2D eigenvalue weighted by molar-refractivity contribution is 5.38. The summed E-state index contributed by atoms with van der Waals surface area (Å²) in [5.41, 5.74) is 0. The summed E-state index contributed by atoms with van der Waals surface area (Å²) in [6.07, 6.45) is 1.28. The van der Waals surface area contributed by atoms with Crippen molar-refractivity contribution in [2.45, 2.75) is 0 Å². The second kappa shape index (κ2) is 4.34. The van der Waals surface area contributed by atoms with Gasteiger partial charge in [0, 0.05) is 0 Å². The Morgan fingerprint density at radius 3 is 3.08 bits per heavy atom. The fourth-order valence-electron chi connectivity index (χ4n) is 0.781. The van der Waals surface area contributed by atoms with Crippen LogP contribution in [-0.4, -0.2) is 23.2 Å². The fourth-order valence-corrected chi connectivity index (χ4v) is 0.781. The van der Waals surface area contributed by atoms with Crippen molar-refractivity contribution in [3.63, 3.8) is 0 Å². The molecule has 0 fully saturated rings. The van der Waals surface area contributed by atoms with Gasteiger partial charge in [0.25, 0.3) is 0 Å². The number of pyridine rings is 1. The molecular weight excluding hydrogens is 179 g/mol. The van der Waals surface area contributed by atoms with E-state index in [0.717, 1.165) is 0 Å². The van der Waals surface area contributed by atoms with Gasteiger partial charge in [0.2, 0.25) is 5.75 Å². The van der Waals surface area contributed by atoms with Gasteiger partial charge in [0.05, 0.1) is 0 Å². The first-order valence-electron chi connectivity index (χ1n) is 3.54. The van der Waals surface area contributed by atoms with Crippen molar-refractivity contribution in [2.75, 3.05) is 13.3 Å². The first-order valence-corrected chi connectivity index (χ1v) is 3.54. The Kier molecular flexibility index (Phi) is 3.13. The van der Waals surface area contributed by atoms with Crippen molar-refractivity contribution in [1.82, 2.24) is 4.98 Å². The van der Waals surface area contributed by atoms with Crippen LogP contribution in [0.2, 0.25) is 0 Å². The predicted molar refractivity (Wildman–Crippen MR) is 42.4 cm³/mol. The highest BCUT2D eigenvalue weighted by atomic mass is 19.1. The van der Waals surface area contributed by atoms with Gasteiger partial charge < -0.3 is 14.9 Å². The first-order chi connectivity index (χ1) is 6.25. The maximum atomic E-state index is 11.7. The lowest BCUT2D eigenvalue weighted by Crippen LogP contribution is -2.02. The van der Waals surface area contributed by atoms with Crippen LogP contribution in [0.1, 0.15) is 0 Å². The zero-order chi connectivity index (χ0) is 9.68. The smallest absolute Gasteiger partial charge is 0.406 e. The minimum absolute atomic E-state index is 0.00912. The van der Waals surface area contributed by atoms with Gasteiger partial charge in [-0.2, -0.15) is 0 Å². The van der Waals surface area contributed by atoms with Crippen molar-refractivity contribution >= 4 is 5.82 Å². The van der Waals surface area contributed by atoms with Crippen molar-refractivity contribution in [3.05, 3.63) is 28.4 Å². The maximum absolute atomic E-state index is 11.7. The lowest BCUT2D eigenvalue weighted by atomic mass is 10.4. The van der Waals surface area contributed by atoms with Crippen LogP contribution in [0.4, 0.5) is 10.2 Å². The van der Waals surface area contributed by atoms with Crippen molar-refractivity contribution in [1.29, 1.82) is 0 Å². The van der Waals surface area contributed by atoms with Crippen LogP contribution in [-0.2, 0) is 0 Å². The van der Waals surface area contributed by atoms with Crippen LogP contribution in [0.25, 0.3) is 0 Å². The van der Waals surface area contributed by atoms with Gasteiger partial charge in [-0.05, 0) is 22.0 Å². The normalized spacial score (nSPS) is 9.62. The highest BCUT2D eigenvalue weighted by Crippen LogP contribution is 2.22. The van der Waals surface area contributed by atoms with E-state index in [1.54, 1.807) is 0 Å². The second-order valence-corrected chi connectivity index (χ2v) is 2.12. The minimum atomic E-state index is -0.688. The van der Waals surface area contributed by atoms with E-state index in [-0.39, 0.29) is 12.4 Å². The third kappa shape index (κ3) is 2.36. The van der Waals surface area contributed by atoms with Gasteiger partial charge in [-0.15, -0.1) is 0 Å². The molecule has 0 bridgehead atoms. The van der Waals surface area contributed by atoms with Crippen molar-refractivity contribution in [2.24, 2.45) is 0 Å². The van der Waals surface area contributed by atoms with E-state index in [2.05, 4.69) is 4.98 Å². The number of nitro groups is 1. The fraction of sp³-hybridized carbons (Fsp3) is 0.286. The predicted octanol–water partition coefficient (Wildman–Crippen LogP) is 1.34. The Bertz CT molecular complexity index is 306. The third-order valence-corrected chi connectivity index (χ3v) is 1.26. The van der Waals surface area contributed by atoms with E-state index in [0.29, 0.717) is 0 Å². The molecule has 0 saturated carbocycles. The molecule has 1 aromatic rings. The molecule has 13 heavy (non-hydrogen) atoms. The topological polar surface area (TPSA) is 65.3 Å². The van der Waals surface area contributed by atoms with E-state index in [4.69, 9.17) is 4.74 Å². The Morgan fingerprint density at radius 1 is 1.69 bits per heavy atom. The Labute approximate surface area is 73.3 Å². The summed E-state index contributed by atoms with van der Waals surface area (Å²) in [5, 5.41) is 10.4. The lowest BCUT2D eigenvalue weighted by molar-refractivity contribution is -0.390. The zero-order valence-corrected chi connectivity index (χ0v) is 6.64. The Balaban J connectivity index is 2.84. The summed E-state index contributed by atoms with van der Waals surface area (Å²) in [4.78, 5) is 13.2. The van der Waals surface area contributed by atoms with Crippen LogP contribution in [0.3, 0.4) is 0 Å². The highest BCUT2D eigenvalue weighted by Gasteiger charge is 2.14. The molecule has 0 spiro atoms. The van der Waals surface area contributed by atoms with E-state index < -0.39 is 17.4 Å². The Hall–Kier alpha value is -1.72. The molecule has 0 amide bonds. The molecule has 1 aromatic heterocycles. The summed E-state index contributed by atoms with van der Waals surface area (Å²) >= 11 is 0. The number of rotatable bonds is 4. The van der Waals surface area contributed by atoms with Gasteiger partial charge in [0.15, 0.2) is 0 Å². The summed E-state index contributed by atoms with van der Waals surface area (Å²) in [6.45, 7) is -0.890. The van der Waals surface area contributed by atoms with Gasteiger partial charge in [-0.3, -0.25) is 0 Å². The largest absolute Gasteiger partial charge is 0.483 e. The summed E-state index contributed by atoms with van der Waals surface area (Å²) in [6, 6.07) is 2.86. The van der Waals surface area contributed by atoms with E-state index >= 15 is 0 Å². The number of aromatic nitrogens is 1. The monoisotopic (exact) mass is 186 g/mol. The quantitative estimate of drug-likeness (QED) is 0.525. The molecule has 0 aliphatic heterocycles. The van der Waals surface area contributed by atoms with Crippen molar-refractivity contribution < 1.29 is 14.1 Å². The zero-order valence-electron chi connectivity index (χ0n) is 6.64. The number of nitrogens with zero attached hydrogens (tertiary/aromatic N) is 2. The van der Waals surface area contributed by atoms with Gasteiger partial charge >= 0.3 is 5.82 Å². The Morgan fingerprint density at radius 2 is 2.46 bits per heavy atom. The molecule has 6 heteroatoms. The standard InChI is InChI=1S/C7H7FN2O3/c8-3-5-13-6-2-1-4-9-7(6)10(11)12/h1-2,4H,3,5H2. The van der Waals surface area contributed by atoms with E-state index in [1.165, 1.54) is 18.3 Å².